The highest BCUT2D eigenvalue weighted by Gasteiger charge is 2.22. The van der Waals surface area contributed by atoms with Crippen molar-refractivity contribution in [3.05, 3.63) is 27.1 Å². The third-order valence-electron chi connectivity index (χ3n) is 3.02. The highest BCUT2D eigenvalue weighted by molar-refractivity contribution is 9.11. The van der Waals surface area contributed by atoms with E-state index in [9.17, 15) is 8.42 Å². The maximum absolute atomic E-state index is 12.2. The first-order valence-electron chi connectivity index (χ1n) is 5.75. The topological polar surface area (TPSA) is 46.2 Å². The van der Waals surface area contributed by atoms with E-state index in [-0.39, 0.29) is 10.9 Å². The molecule has 1 aromatic carbocycles. The maximum Gasteiger partial charge on any atom is 0.241 e. The number of hydrogen-bond acceptors (Lipinski definition) is 2. The predicted octanol–water partition coefficient (Wildman–Crippen LogP) is 3.92. The van der Waals surface area contributed by atoms with Gasteiger partial charge in [-0.05, 0) is 47.0 Å². The molecule has 102 valence electrons. The van der Waals surface area contributed by atoms with Crippen LogP contribution in [-0.4, -0.2) is 14.5 Å². The van der Waals surface area contributed by atoms with Crippen molar-refractivity contribution in [3.63, 3.8) is 0 Å². The Labute approximate surface area is 126 Å². The number of rotatable bonds is 5. The molecule has 0 aromatic heterocycles. The Morgan fingerprint density at radius 2 is 1.89 bits per heavy atom. The molecule has 0 bridgehead atoms. The molecule has 0 amide bonds. The Bertz CT molecular complexity index is 517. The summed E-state index contributed by atoms with van der Waals surface area (Å²) in [5.41, 5.74) is 0. The van der Waals surface area contributed by atoms with E-state index in [1.54, 1.807) is 18.2 Å². The minimum atomic E-state index is -3.48. The number of nitrogens with one attached hydrogen (secondary N) is 1. The van der Waals surface area contributed by atoms with E-state index in [0.717, 1.165) is 10.9 Å². The summed E-state index contributed by atoms with van der Waals surface area (Å²) in [6.07, 6.45) is 0.936. The molecule has 18 heavy (non-hydrogen) atoms. The molecule has 0 saturated heterocycles. The van der Waals surface area contributed by atoms with Crippen molar-refractivity contribution in [2.75, 3.05) is 0 Å². The second-order valence-corrected chi connectivity index (χ2v) is 7.82. The molecule has 1 aromatic rings. The maximum atomic E-state index is 12.2. The second kappa shape index (κ2) is 6.50. The lowest BCUT2D eigenvalue weighted by atomic mass is 10.0. The first-order chi connectivity index (χ1) is 8.27. The van der Waals surface area contributed by atoms with E-state index in [4.69, 9.17) is 0 Å². The monoisotopic (exact) mass is 397 g/mol. The molecule has 6 heteroatoms. The van der Waals surface area contributed by atoms with Crippen LogP contribution < -0.4 is 4.72 Å². The van der Waals surface area contributed by atoms with Gasteiger partial charge in [0.2, 0.25) is 10.0 Å². The van der Waals surface area contributed by atoms with Crippen LogP contribution in [0, 0.1) is 5.92 Å². The van der Waals surface area contributed by atoms with E-state index in [0.29, 0.717) is 10.4 Å². The summed E-state index contributed by atoms with van der Waals surface area (Å²) in [6.45, 7) is 5.97. The third kappa shape index (κ3) is 4.05. The molecule has 2 atom stereocenters. The molecule has 0 radical (unpaired) electrons. The average molecular weight is 399 g/mol. The SMILES string of the molecule is CCC(C)C(C)NS(=O)(=O)c1ccc(Br)cc1Br. The molecule has 3 nitrogen and oxygen atoms in total. The second-order valence-electron chi connectivity index (χ2n) is 4.37. The molecule has 1 rings (SSSR count). The van der Waals surface area contributed by atoms with Crippen molar-refractivity contribution in [1.82, 2.24) is 4.72 Å². The lowest BCUT2D eigenvalue weighted by molar-refractivity contribution is 0.434. The third-order valence-corrected chi connectivity index (χ3v) is 6.05. The van der Waals surface area contributed by atoms with E-state index >= 15 is 0 Å². The Hall–Kier alpha value is 0.0900. The predicted molar refractivity (Wildman–Crippen MR) is 81.1 cm³/mol. The lowest BCUT2D eigenvalue weighted by Gasteiger charge is -2.20. The molecule has 0 spiro atoms. The summed E-state index contributed by atoms with van der Waals surface area (Å²) in [4.78, 5) is 0.265. The zero-order valence-corrected chi connectivity index (χ0v) is 14.6. The normalized spacial score (nSPS) is 15.4. The van der Waals surface area contributed by atoms with Crippen LogP contribution in [0.1, 0.15) is 27.2 Å². The first-order valence-corrected chi connectivity index (χ1v) is 8.82. The van der Waals surface area contributed by atoms with Gasteiger partial charge in [0, 0.05) is 15.0 Å². The van der Waals surface area contributed by atoms with Gasteiger partial charge >= 0.3 is 0 Å². The van der Waals surface area contributed by atoms with Gasteiger partial charge in [-0.3, -0.25) is 0 Å². The molecule has 0 aliphatic heterocycles. The van der Waals surface area contributed by atoms with Gasteiger partial charge in [-0.15, -0.1) is 0 Å². The van der Waals surface area contributed by atoms with Gasteiger partial charge in [0.25, 0.3) is 0 Å². The Kier molecular flexibility index (Phi) is 5.83. The smallest absolute Gasteiger partial charge is 0.208 e. The van der Waals surface area contributed by atoms with Crippen molar-refractivity contribution in [2.24, 2.45) is 5.92 Å². The summed E-state index contributed by atoms with van der Waals surface area (Å²) in [5, 5.41) is 0. The van der Waals surface area contributed by atoms with Crippen LogP contribution in [-0.2, 0) is 10.0 Å². The van der Waals surface area contributed by atoms with Crippen LogP contribution in [0.3, 0.4) is 0 Å². The van der Waals surface area contributed by atoms with Gasteiger partial charge in [-0.1, -0.05) is 36.2 Å². The summed E-state index contributed by atoms with van der Waals surface area (Å²) < 4.78 is 28.6. The molecular formula is C12H17Br2NO2S. The van der Waals surface area contributed by atoms with Gasteiger partial charge in [0.1, 0.15) is 0 Å². The van der Waals surface area contributed by atoms with Crippen molar-refractivity contribution in [1.29, 1.82) is 0 Å². The van der Waals surface area contributed by atoms with Gasteiger partial charge in [-0.2, -0.15) is 0 Å². The summed E-state index contributed by atoms with van der Waals surface area (Å²) in [5.74, 6) is 0.300. The minimum absolute atomic E-state index is 0.0875. The van der Waals surface area contributed by atoms with Crippen LogP contribution in [0.15, 0.2) is 32.0 Å². The minimum Gasteiger partial charge on any atom is -0.208 e. The Balaban J connectivity index is 3.00. The Morgan fingerprint density at radius 3 is 2.39 bits per heavy atom. The van der Waals surface area contributed by atoms with Crippen LogP contribution in [0.25, 0.3) is 0 Å². The fourth-order valence-electron chi connectivity index (χ4n) is 1.47. The molecule has 2 unspecified atom stereocenters. The molecule has 0 saturated carbocycles. The number of halogens is 2. The molecule has 0 heterocycles. The van der Waals surface area contributed by atoms with Crippen molar-refractivity contribution >= 4 is 41.9 Å². The van der Waals surface area contributed by atoms with Crippen LogP contribution in [0.2, 0.25) is 0 Å². The average Bonchev–Trinajstić information content (AvgIpc) is 2.26. The van der Waals surface area contributed by atoms with Gasteiger partial charge in [0.15, 0.2) is 0 Å². The Morgan fingerprint density at radius 1 is 1.28 bits per heavy atom. The fourth-order valence-corrected chi connectivity index (χ4v) is 4.57. The van der Waals surface area contributed by atoms with Gasteiger partial charge < -0.3 is 0 Å². The highest BCUT2D eigenvalue weighted by Crippen LogP contribution is 2.26. The number of sulfonamides is 1. The standard InChI is InChI=1S/C12H17Br2NO2S/c1-4-8(2)9(3)15-18(16,17)12-6-5-10(13)7-11(12)14/h5-9,15H,4H2,1-3H3. The van der Waals surface area contributed by atoms with Gasteiger partial charge in [0.05, 0.1) is 4.90 Å². The molecular weight excluding hydrogens is 382 g/mol. The van der Waals surface area contributed by atoms with E-state index < -0.39 is 10.0 Å². The van der Waals surface area contributed by atoms with E-state index in [1.807, 2.05) is 20.8 Å². The van der Waals surface area contributed by atoms with E-state index in [1.165, 1.54) is 0 Å². The van der Waals surface area contributed by atoms with E-state index in [2.05, 4.69) is 36.6 Å². The van der Waals surface area contributed by atoms with Crippen molar-refractivity contribution < 1.29 is 8.42 Å². The van der Waals surface area contributed by atoms with Crippen LogP contribution in [0.4, 0.5) is 0 Å². The van der Waals surface area contributed by atoms with Crippen molar-refractivity contribution in [3.8, 4) is 0 Å². The summed E-state index contributed by atoms with van der Waals surface area (Å²) in [7, 11) is -3.48. The zero-order valence-electron chi connectivity index (χ0n) is 10.6. The van der Waals surface area contributed by atoms with Crippen molar-refractivity contribution in [2.45, 2.75) is 38.1 Å². The lowest BCUT2D eigenvalue weighted by Crippen LogP contribution is -2.37. The summed E-state index contributed by atoms with van der Waals surface area (Å²) in [6, 6.07) is 4.94. The highest BCUT2D eigenvalue weighted by atomic mass is 79.9. The van der Waals surface area contributed by atoms with Gasteiger partial charge in [-0.25, -0.2) is 13.1 Å². The molecule has 0 aliphatic carbocycles. The first kappa shape index (κ1) is 16.1. The fraction of sp³-hybridized carbons (Fsp3) is 0.500. The number of hydrogen-bond donors (Lipinski definition) is 1. The number of benzene rings is 1. The largest absolute Gasteiger partial charge is 0.241 e. The summed E-state index contributed by atoms with van der Waals surface area (Å²) >= 11 is 6.58. The van der Waals surface area contributed by atoms with Crippen LogP contribution in [0.5, 0.6) is 0 Å². The molecule has 0 fully saturated rings. The molecule has 0 aliphatic rings. The zero-order chi connectivity index (χ0) is 13.9. The quantitative estimate of drug-likeness (QED) is 0.816. The van der Waals surface area contributed by atoms with Crippen LogP contribution >= 0.6 is 31.9 Å². The molecule has 1 N–H and O–H groups in total.